The number of imidazole rings is 1. The van der Waals surface area contributed by atoms with E-state index in [1.165, 1.54) is 5.56 Å². The third-order valence-corrected chi connectivity index (χ3v) is 3.83. The van der Waals surface area contributed by atoms with Crippen molar-refractivity contribution >= 4 is 0 Å². The minimum Gasteiger partial charge on any atom is -0.490 e. The van der Waals surface area contributed by atoms with Gasteiger partial charge in [-0.25, -0.2) is 4.98 Å². The summed E-state index contributed by atoms with van der Waals surface area (Å²) in [6.45, 7) is 10.0. The molecular weight excluding hydrogens is 264 g/mol. The van der Waals surface area contributed by atoms with Crippen molar-refractivity contribution < 1.29 is 9.47 Å². The van der Waals surface area contributed by atoms with E-state index < -0.39 is 0 Å². The molecule has 0 N–H and O–H groups in total. The molecule has 112 valence electrons. The SMILES string of the molecule is Cc1cnc2n1C[C@@H](COc1ccc(C(C)(C)C)cc1)O2. The molecule has 4 nitrogen and oxygen atoms in total. The number of nitrogens with zero attached hydrogens (tertiary/aromatic N) is 2. The summed E-state index contributed by atoms with van der Waals surface area (Å²) >= 11 is 0. The van der Waals surface area contributed by atoms with Gasteiger partial charge in [-0.05, 0) is 30.0 Å². The minimum atomic E-state index is 0.0368. The van der Waals surface area contributed by atoms with Gasteiger partial charge >= 0.3 is 0 Å². The van der Waals surface area contributed by atoms with E-state index in [1.54, 1.807) is 0 Å². The van der Waals surface area contributed by atoms with Crippen LogP contribution in [0.3, 0.4) is 0 Å². The molecule has 0 saturated heterocycles. The smallest absolute Gasteiger partial charge is 0.297 e. The van der Waals surface area contributed by atoms with Gasteiger partial charge in [0.1, 0.15) is 12.4 Å². The molecule has 0 radical (unpaired) electrons. The average molecular weight is 286 g/mol. The zero-order valence-corrected chi connectivity index (χ0v) is 13.1. The minimum absolute atomic E-state index is 0.0368. The zero-order valence-electron chi connectivity index (χ0n) is 13.1. The van der Waals surface area contributed by atoms with Gasteiger partial charge in [0.2, 0.25) is 0 Å². The first kappa shape index (κ1) is 14.0. The normalized spacial score (nSPS) is 17.4. The number of hydrogen-bond donors (Lipinski definition) is 0. The van der Waals surface area contributed by atoms with Crippen LogP contribution in [0, 0.1) is 6.92 Å². The van der Waals surface area contributed by atoms with Gasteiger partial charge in [-0.15, -0.1) is 0 Å². The Morgan fingerprint density at radius 3 is 2.62 bits per heavy atom. The molecule has 0 unspecified atom stereocenters. The highest BCUT2D eigenvalue weighted by molar-refractivity contribution is 5.31. The van der Waals surface area contributed by atoms with Gasteiger partial charge in [0.05, 0.1) is 12.7 Å². The highest BCUT2D eigenvalue weighted by Crippen LogP contribution is 2.25. The number of benzene rings is 1. The Bertz CT molecular complexity index is 623. The Balaban J connectivity index is 1.57. The summed E-state index contributed by atoms with van der Waals surface area (Å²) < 4.78 is 13.7. The number of aryl methyl sites for hydroxylation is 1. The largest absolute Gasteiger partial charge is 0.490 e. The lowest BCUT2D eigenvalue weighted by Gasteiger charge is -2.19. The monoisotopic (exact) mass is 286 g/mol. The Morgan fingerprint density at radius 2 is 2.00 bits per heavy atom. The summed E-state index contributed by atoms with van der Waals surface area (Å²) in [5, 5.41) is 0. The van der Waals surface area contributed by atoms with Gasteiger partial charge in [-0.1, -0.05) is 32.9 Å². The quantitative estimate of drug-likeness (QED) is 0.868. The Labute approximate surface area is 125 Å². The molecule has 0 bridgehead atoms. The van der Waals surface area contributed by atoms with Crippen molar-refractivity contribution in [3.8, 4) is 11.8 Å². The van der Waals surface area contributed by atoms with Crippen LogP contribution in [0.15, 0.2) is 30.5 Å². The molecule has 0 saturated carbocycles. The van der Waals surface area contributed by atoms with Crippen LogP contribution in [-0.2, 0) is 12.0 Å². The van der Waals surface area contributed by atoms with Crippen LogP contribution >= 0.6 is 0 Å². The Morgan fingerprint density at radius 1 is 1.29 bits per heavy atom. The highest BCUT2D eigenvalue weighted by atomic mass is 16.6. The van der Waals surface area contributed by atoms with Crippen LogP contribution in [0.5, 0.6) is 11.8 Å². The van der Waals surface area contributed by atoms with E-state index in [2.05, 4.69) is 42.5 Å². The molecular formula is C17H22N2O2. The fourth-order valence-corrected chi connectivity index (χ4v) is 2.47. The molecule has 3 rings (SSSR count). The van der Waals surface area contributed by atoms with Crippen LogP contribution in [-0.4, -0.2) is 22.3 Å². The van der Waals surface area contributed by atoms with Crippen molar-refractivity contribution in [1.29, 1.82) is 0 Å². The summed E-state index contributed by atoms with van der Waals surface area (Å²) in [5.74, 6) is 0.882. The zero-order chi connectivity index (χ0) is 15.0. The fraction of sp³-hybridized carbons (Fsp3) is 0.471. The standard InChI is InChI=1S/C17H22N2O2/c1-12-9-18-16-19(12)10-15(21-16)11-20-14-7-5-13(6-8-14)17(2,3)4/h5-9,15H,10-11H2,1-4H3/t15-/m0/s1. The maximum atomic E-state index is 5.83. The molecule has 21 heavy (non-hydrogen) atoms. The lowest BCUT2D eigenvalue weighted by Crippen LogP contribution is -2.23. The first-order valence-corrected chi connectivity index (χ1v) is 7.35. The maximum Gasteiger partial charge on any atom is 0.297 e. The number of hydrogen-bond acceptors (Lipinski definition) is 3. The van der Waals surface area contributed by atoms with Crippen LogP contribution < -0.4 is 9.47 Å². The van der Waals surface area contributed by atoms with Gasteiger partial charge in [-0.3, -0.25) is 4.57 Å². The molecule has 0 fully saturated rings. The first-order valence-electron chi connectivity index (χ1n) is 7.35. The van der Waals surface area contributed by atoms with Crippen molar-refractivity contribution in [3.05, 3.63) is 41.7 Å². The third-order valence-electron chi connectivity index (χ3n) is 3.83. The van der Waals surface area contributed by atoms with E-state index >= 15 is 0 Å². The summed E-state index contributed by atoms with van der Waals surface area (Å²) in [4.78, 5) is 4.23. The van der Waals surface area contributed by atoms with Crippen LogP contribution in [0.1, 0.15) is 32.0 Å². The molecule has 1 atom stereocenters. The molecule has 1 aromatic carbocycles. The molecule has 2 aromatic rings. The van der Waals surface area contributed by atoms with E-state index in [4.69, 9.17) is 9.47 Å². The molecule has 1 aliphatic rings. The van der Waals surface area contributed by atoms with Gasteiger partial charge in [0.15, 0.2) is 6.10 Å². The van der Waals surface area contributed by atoms with E-state index in [1.807, 2.05) is 25.3 Å². The van der Waals surface area contributed by atoms with Crippen molar-refractivity contribution in [2.75, 3.05) is 6.61 Å². The average Bonchev–Trinajstić information content (AvgIpc) is 2.98. The molecule has 0 spiro atoms. The van der Waals surface area contributed by atoms with E-state index in [0.717, 1.165) is 18.0 Å². The number of fused-ring (bicyclic) bond motifs is 1. The van der Waals surface area contributed by atoms with Crippen LogP contribution in [0.2, 0.25) is 0 Å². The van der Waals surface area contributed by atoms with E-state index in [-0.39, 0.29) is 11.5 Å². The summed E-state index contributed by atoms with van der Waals surface area (Å²) in [7, 11) is 0. The van der Waals surface area contributed by atoms with Crippen LogP contribution in [0.4, 0.5) is 0 Å². The van der Waals surface area contributed by atoms with E-state index in [0.29, 0.717) is 12.6 Å². The maximum absolute atomic E-state index is 5.83. The van der Waals surface area contributed by atoms with Gasteiger partial charge in [0.25, 0.3) is 6.01 Å². The van der Waals surface area contributed by atoms with Crippen molar-refractivity contribution in [2.45, 2.75) is 45.8 Å². The number of aromatic nitrogens is 2. The second kappa shape index (κ2) is 5.10. The molecule has 2 heterocycles. The summed E-state index contributed by atoms with van der Waals surface area (Å²) in [6.07, 6.45) is 1.87. The topological polar surface area (TPSA) is 36.3 Å². The third kappa shape index (κ3) is 2.89. The fourth-order valence-electron chi connectivity index (χ4n) is 2.47. The van der Waals surface area contributed by atoms with Crippen molar-refractivity contribution in [1.82, 2.24) is 9.55 Å². The van der Waals surface area contributed by atoms with Gasteiger partial charge in [-0.2, -0.15) is 0 Å². The molecule has 1 aliphatic heterocycles. The first-order chi connectivity index (χ1) is 9.93. The molecule has 0 amide bonds. The highest BCUT2D eigenvalue weighted by Gasteiger charge is 2.25. The van der Waals surface area contributed by atoms with Gasteiger partial charge < -0.3 is 9.47 Å². The second-order valence-corrected chi connectivity index (χ2v) is 6.62. The lowest BCUT2D eigenvalue weighted by atomic mass is 9.87. The number of ether oxygens (including phenoxy) is 2. The summed E-state index contributed by atoms with van der Waals surface area (Å²) in [5.41, 5.74) is 2.60. The number of rotatable bonds is 3. The lowest BCUT2D eigenvalue weighted by molar-refractivity contribution is 0.143. The molecule has 1 aromatic heterocycles. The Kier molecular flexibility index (Phi) is 3.40. The van der Waals surface area contributed by atoms with Crippen molar-refractivity contribution in [2.24, 2.45) is 0 Å². The van der Waals surface area contributed by atoms with Crippen molar-refractivity contribution in [3.63, 3.8) is 0 Å². The van der Waals surface area contributed by atoms with E-state index in [9.17, 15) is 0 Å². The molecule has 0 aliphatic carbocycles. The second-order valence-electron chi connectivity index (χ2n) is 6.62. The predicted molar refractivity (Wildman–Crippen MR) is 82.0 cm³/mol. The Hall–Kier alpha value is -1.97. The molecule has 4 heteroatoms. The van der Waals surface area contributed by atoms with Crippen LogP contribution in [0.25, 0.3) is 0 Å². The summed E-state index contributed by atoms with van der Waals surface area (Å²) in [6, 6.07) is 9.00. The predicted octanol–water partition coefficient (Wildman–Crippen LogP) is 3.33. The van der Waals surface area contributed by atoms with Gasteiger partial charge in [0, 0.05) is 5.69 Å².